The van der Waals surface area contributed by atoms with Crippen molar-refractivity contribution in [2.75, 3.05) is 5.32 Å². The van der Waals surface area contributed by atoms with Gasteiger partial charge in [0.2, 0.25) is 5.91 Å². The summed E-state index contributed by atoms with van der Waals surface area (Å²) in [7, 11) is 0. The second kappa shape index (κ2) is 7.13. The molecule has 0 spiro atoms. The van der Waals surface area contributed by atoms with Gasteiger partial charge >= 0.3 is 0 Å². The smallest absolute Gasteiger partial charge is 0.271 e. The van der Waals surface area contributed by atoms with Crippen LogP contribution in [-0.2, 0) is 11.2 Å². The van der Waals surface area contributed by atoms with Crippen LogP contribution in [0.15, 0.2) is 48.5 Å². The van der Waals surface area contributed by atoms with E-state index >= 15 is 0 Å². The minimum atomic E-state index is -0.649. The SMILES string of the molecule is O=C(Nc1cccc([N+](=O)[O-])c1)C(Br)Cc1ccccc1F. The highest BCUT2D eigenvalue weighted by Gasteiger charge is 2.18. The molecule has 0 aromatic heterocycles. The van der Waals surface area contributed by atoms with E-state index in [9.17, 15) is 19.3 Å². The lowest BCUT2D eigenvalue weighted by Gasteiger charge is -2.11. The third kappa shape index (κ3) is 4.11. The number of alkyl halides is 1. The summed E-state index contributed by atoms with van der Waals surface area (Å²) in [6, 6.07) is 11.8. The van der Waals surface area contributed by atoms with Crippen LogP contribution >= 0.6 is 15.9 Å². The average Bonchev–Trinajstić information content (AvgIpc) is 2.49. The van der Waals surface area contributed by atoms with E-state index in [1.54, 1.807) is 24.3 Å². The van der Waals surface area contributed by atoms with Crippen molar-refractivity contribution in [3.05, 3.63) is 70.0 Å². The molecule has 114 valence electrons. The van der Waals surface area contributed by atoms with Crippen LogP contribution in [0.4, 0.5) is 15.8 Å². The predicted octanol–water partition coefficient (Wildman–Crippen LogP) is 3.68. The number of carbonyl (C=O) groups is 1. The molecular formula is C15H12BrFN2O3. The van der Waals surface area contributed by atoms with Gasteiger partial charge in [0.1, 0.15) is 5.82 Å². The third-order valence-corrected chi connectivity index (χ3v) is 3.71. The van der Waals surface area contributed by atoms with Crippen LogP contribution in [0, 0.1) is 15.9 Å². The first-order valence-electron chi connectivity index (χ1n) is 6.40. The van der Waals surface area contributed by atoms with Crippen LogP contribution in [-0.4, -0.2) is 15.7 Å². The molecule has 0 aliphatic heterocycles. The number of nitro benzene ring substituents is 1. The molecular weight excluding hydrogens is 355 g/mol. The number of amides is 1. The number of carbonyl (C=O) groups excluding carboxylic acids is 1. The van der Waals surface area contributed by atoms with Crippen LogP contribution in [0.25, 0.3) is 0 Å². The fraction of sp³-hybridized carbons (Fsp3) is 0.133. The van der Waals surface area contributed by atoms with Gasteiger partial charge in [0, 0.05) is 17.8 Å². The number of halogens is 2. The molecule has 22 heavy (non-hydrogen) atoms. The lowest BCUT2D eigenvalue weighted by atomic mass is 10.1. The fourth-order valence-electron chi connectivity index (χ4n) is 1.87. The Labute approximate surface area is 134 Å². The highest BCUT2D eigenvalue weighted by molar-refractivity contribution is 9.10. The molecule has 2 aromatic rings. The number of benzene rings is 2. The Kier molecular flexibility index (Phi) is 5.21. The topological polar surface area (TPSA) is 72.2 Å². The van der Waals surface area contributed by atoms with Crippen molar-refractivity contribution in [1.82, 2.24) is 0 Å². The number of non-ortho nitro benzene ring substituents is 1. The van der Waals surface area contributed by atoms with Gasteiger partial charge in [0.25, 0.3) is 5.69 Å². The summed E-state index contributed by atoms with van der Waals surface area (Å²) in [4.78, 5) is 21.6. The number of nitrogens with one attached hydrogen (secondary N) is 1. The summed E-state index contributed by atoms with van der Waals surface area (Å²) in [5, 5.41) is 13.3. The summed E-state index contributed by atoms with van der Waals surface area (Å²) in [6.07, 6.45) is 0.174. The summed E-state index contributed by atoms with van der Waals surface area (Å²) in [6.45, 7) is 0. The maximum absolute atomic E-state index is 13.6. The molecule has 0 aliphatic carbocycles. The van der Waals surface area contributed by atoms with Gasteiger partial charge in [-0.1, -0.05) is 40.2 Å². The van der Waals surface area contributed by atoms with Crippen molar-refractivity contribution >= 4 is 33.2 Å². The summed E-state index contributed by atoms with van der Waals surface area (Å²) in [5.41, 5.74) is 0.619. The Morgan fingerprint density at radius 1 is 1.27 bits per heavy atom. The Balaban J connectivity index is 2.04. The largest absolute Gasteiger partial charge is 0.325 e. The van der Waals surface area contributed by atoms with E-state index in [0.717, 1.165) is 0 Å². The minimum absolute atomic E-state index is 0.113. The molecule has 1 N–H and O–H groups in total. The molecule has 1 atom stereocenters. The zero-order valence-electron chi connectivity index (χ0n) is 11.3. The van der Waals surface area contributed by atoms with Gasteiger partial charge in [-0.05, 0) is 24.1 Å². The molecule has 5 nitrogen and oxygen atoms in total. The number of rotatable bonds is 5. The molecule has 0 fully saturated rings. The first kappa shape index (κ1) is 16.1. The van der Waals surface area contributed by atoms with Crippen LogP contribution in [0.2, 0.25) is 0 Å². The maximum Gasteiger partial charge on any atom is 0.271 e. The minimum Gasteiger partial charge on any atom is -0.325 e. The molecule has 2 aromatic carbocycles. The number of hydrogen-bond acceptors (Lipinski definition) is 3. The number of nitro groups is 1. The van der Waals surface area contributed by atoms with Crippen LogP contribution < -0.4 is 5.32 Å². The van der Waals surface area contributed by atoms with E-state index < -0.39 is 15.7 Å². The molecule has 0 heterocycles. The zero-order chi connectivity index (χ0) is 16.1. The molecule has 0 aliphatic rings. The van der Waals surface area contributed by atoms with E-state index in [4.69, 9.17) is 0 Å². The second-order valence-corrected chi connectivity index (χ2v) is 5.67. The van der Waals surface area contributed by atoms with Crippen LogP contribution in [0.5, 0.6) is 0 Å². The Morgan fingerprint density at radius 2 is 2.00 bits per heavy atom. The first-order valence-corrected chi connectivity index (χ1v) is 7.31. The van der Waals surface area contributed by atoms with E-state index in [1.807, 2.05) is 0 Å². The molecule has 1 unspecified atom stereocenters. The van der Waals surface area contributed by atoms with Gasteiger partial charge in [0.05, 0.1) is 9.75 Å². The number of hydrogen-bond donors (Lipinski definition) is 1. The van der Waals surface area contributed by atoms with Crippen LogP contribution in [0.1, 0.15) is 5.56 Å². The van der Waals surface area contributed by atoms with Crippen molar-refractivity contribution in [2.24, 2.45) is 0 Å². The van der Waals surface area contributed by atoms with Crippen molar-refractivity contribution in [3.63, 3.8) is 0 Å². The molecule has 2 rings (SSSR count). The van der Waals surface area contributed by atoms with Gasteiger partial charge in [0.15, 0.2) is 0 Å². The van der Waals surface area contributed by atoms with Gasteiger partial charge < -0.3 is 5.32 Å². The van der Waals surface area contributed by atoms with Crippen molar-refractivity contribution in [3.8, 4) is 0 Å². The van der Waals surface area contributed by atoms with Crippen molar-refractivity contribution < 1.29 is 14.1 Å². The molecule has 0 radical (unpaired) electrons. The molecule has 7 heteroatoms. The van der Waals surface area contributed by atoms with E-state index in [2.05, 4.69) is 21.2 Å². The Bertz CT molecular complexity index is 709. The third-order valence-electron chi connectivity index (χ3n) is 2.97. The summed E-state index contributed by atoms with van der Waals surface area (Å²) in [5.74, 6) is -0.779. The maximum atomic E-state index is 13.6. The predicted molar refractivity (Wildman–Crippen MR) is 84.5 cm³/mol. The van der Waals surface area contributed by atoms with Crippen LogP contribution in [0.3, 0.4) is 0 Å². The average molecular weight is 367 g/mol. The van der Waals surface area contributed by atoms with Crippen molar-refractivity contribution in [2.45, 2.75) is 11.2 Å². The number of nitrogens with zero attached hydrogens (tertiary/aromatic N) is 1. The van der Waals surface area contributed by atoms with Gasteiger partial charge in [-0.25, -0.2) is 4.39 Å². The van der Waals surface area contributed by atoms with Gasteiger partial charge in [-0.3, -0.25) is 14.9 Å². The van der Waals surface area contributed by atoms with Gasteiger partial charge in [-0.2, -0.15) is 0 Å². The lowest BCUT2D eigenvalue weighted by Crippen LogP contribution is -2.25. The molecule has 0 saturated carbocycles. The highest BCUT2D eigenvalue weighted by atomic mass is 79.9. The quantitative estimate of drug-likeness (QED) is 0.498. The zero-order valence-corrected chi connectivity index (χ0v) is 12.9. The molecule has 1 amide bonds. The molecule has 0 saturated heterocycles. The Morgan fingerprint density at radius 3 is 2.68 bits per heavy atom. The second-order valence-electron chi connectivity index (χ2n) is 4.56. The van der Waals surface area contributed by atoms with E-state index in [-0.39, 0.29) is 17.9 Å². The van der Waals surface area contributed by atoms with E-state index in [1.165, 1.54) is 24.3 Å². The normalized spacial score (nSPS) is 11.7. The van der Waals surface area contributed by atoms with E-state index in [0.29, 0.717) is 11.3 Å². The summed E-state index contributed by atoms with van der Waals surface area (Å²) < 4.78 is 13.6. The van der Waals surface area contributed by atoms with Gasteiger partial charge in [-0.15, -0.1) is 0 Å². The lowest BCUT2D eigenvalue weighted by molar-refractivity contribution is -0.384. The Hall–Kier alpha value is -2.28. The molecule has 0 bridgehead atoms. The standard InChI is InChI=1S/C15H12BrFN2O3/c16-13(8-10-4-1-2-7-14(10)17)15(20)18-11-5-3-6-12(9-11)19(21)22/h1-7,9,13H,8H2,(H,18,20). The summed E-state index contributed by atoms with van der Waals surface area (Å²) >= 11 is 3.21. The van der Waals surface area contributed by atoms with Crippen molar-refractivity contribution in [1.29, 1.82) is 0 Å². The monoisotopic (exact) mass is 366 g/mol. The first-order chi connectivity index (χ1) is 10.5. The number of anilines is 1. The fourth-order valence-corrected chi connectivity index (χ4v) is 2.33. The highest BCUT2D eigenvalue weighted by Crippen LogP contribution is 2.19.